The number of likely N-dealkylation sites (N-methyl/N-ethyl adjacent to an activating group) is 1. The Kier molecular flexibility index (Phi) is 4.06. The van der Waals surface area contributed by atoms with E-state index in [1.807, 2.05) is 19.2 Å². The van der Waals surface area contributed by atoms with Gasteiger partial charge in [-0.2, -0.15) is 4.31 Å². The molecule has 0 saturated heterocycles. The van der Waals surface area contributed by atoms with E-state index >= 15 is 0 Å². The molecule has 0 fully saturated rings. The van der Waals surface area contributed by atoms with Gasteiger partial charge >= 0.3 is 0 Å². The van der Waals surface area contributed by atoms with Crippen molar-refractivity contribution in [2.75, 3.05) is 20.1 Å². The topological polar surface area (TPSA) is 83.8 Å². The number of nitrogens with zero attached hydrogens (tertiary/aromatic N) is 3. The second-order valence-corrected chi connectivity index (χ2v) is 8.72. The molecule has 2 aliphatic heterocycles. The fraction of sp³-hybridized carbons (Fsp3) is 0.333. The average molecular weight is 373 g/mol. The van der Waals surface area contributed by atoms with Crippen molar-refractivity contribution in [2.45, 2.75) is 23.9 Å². The van der Waals surface area contributed by atoms with Crippen molar-refractivity contribution in [1.29, 1.82) is 0 Å². The highest BCUT2D eigenvalue weighted by atomic mass is 32.2. The first-order chi connectivity index (χ1) is 12.4. The van der Waals surface area contributed by atoms with E-state index in [2.05, 4.69) is 11.0 Å². The van der Waals surface area contributed by atoms with Gasteiger partial charge in [0.05, 0.1) is 9.82 Å². The van der Waals surface area contributed by atoms with Crippen molar-refractivity contribution in [3.05, 3.63) is 69.3 Å². The second-order valence-electron chi connectivity index (χ2n) is 6.78. The maximum atomic E-state index is 13.1. The van der Waals surface area contributed by atoms with Gasteiger partial charge in [-0.3, -0.25) is 15.0 Å². The summed E-state index contributed by atoms with van der Waals surface area (Å²) >= 11 is 0. The molecule has 0 aromatic heterocycles. The maximum absolute atomic E-state index is 13.1. The molecular formula is C18H19N3O4S. The summed E-state index contributed by atoms with van der Waals surface area (Å²) in [6.45, 7) is 1.61. The van der Waals surface area contributed by atoms with Crippen LogP contribution in [0.15, 0.2) is 47.4 Å². The first-order valence-electron chi connectivity index (χ1n) is 8.43. The minimum atomic E-state index is -3.72. The van der Waals surface area contributed by atoms with E-state index in [9.17, 15) is 18.5 Å². The zero-order valence-electron chi connectivity index (χ0n) is 14.3. The number of hydrogen-bond acceptors (Lipinski definition) is 5. The molecule has 0 saturated carbocycles. The predicted molar refractivity (Wildman–Crippen MR) is 96.2 cm³/mol. The van der Waals surface area contributed by atoms with Gasteiger partial charge < -0.3 is 0 Å². The first kappa shape index (κ1) is 17.1. The minimum absolute atomic E-state index is 0.0384. The quantitative estimate of drug-likeness (QED) is 0.609. The molecule has 1 unspecified atom stereocenters. The van der Waals surface area contributed by atoms with E-state index < -0.39 is 14.9 Å². The smallest absolute Gasteiger partial charge is 0.269 e. The summed E-state index contributed by atoms with van der Waals surface area (Å²) in [5.41, 5.74) is 3.48. The molecule has 0 spiro atoms. The van der Waals surface area contributed by atoms with Crippen LogP contribution in [0.4, 0.5) is 5.69 Å². The Morgan fingerprint density at radius 3 is 2.50 bits per heavy atom. The molecule has 0 aliphatic carbocycles. The lowest BCUT2D eigenvalue weighted by atomic mass is 9.86. The fourth-order valence-corrected chi connectivity index (χ4v) is 5.30. The number of rotatable bonds is 3. The molecule has 7 nitrogen and oxygen atoms in total. The van der Waals surface area contributed by atoms with Gasteiger partial charge in [-0.05, 0) is 42.3 Å². The number of benzene rings is 2. The van der Waals surface area contributed by atoms with Gasteiger partial charge in [-0.15, -0.1) is 0 Å². The van der Waals surface area contributed by atoms with Gasteiger partial charge in [-0.25, -0.2) is 8.42 Å². The number of non-ortho nitro benzene ring substituents is 1. The molecule has 4 rings (SSSR count). The van der Waals surface area contributed by atoms with Crippen LogP contribution in [0.1, 0.15) is 22.7 Å². The van der Waals surface area contributed by atoms with Crippen LogP contribution in [-0.4, -0.2) is 42.7 Å². The lowest BCUT2D eigenvalue weighted by Gasteiger charge is -2.42. The summed E-state index contributed by atoms with van der Waals surface area (Å²) in [5, 5.41) is 10.8. The zero-order chi connectivity index (χ0) is 18.5. The van der Waals surface area contributed by atoms with Gasteiger partial charge in [0.15, 0.2) is 0 Å². The third-order valence-electron chi connectivity index (χ3n) is 5.29. The molecule has 136 valence electrons. The third-order valence-corrected chi connectivity index (χ3v) is 7.12. The fourth-order valence-electron chi connectivity index (χ4n) is 3.87. The SMILES string of the molecule is CN1CCc2cccc3c2C1CN(S(=O)(=O)c1ccc([N+](=O)[O-])cc1)C3. The highest BCUT2D eigenvalue weighted by Crippen LogP contribution is 2.38. The van der Waals surface area contributed by atoms with Crippen LogP contribution in [-0.2, 0) is 23.0 Å². The Hall–Kier alpha value is -2.29. The lowest BCUT2D eigenvalue weighted by Crippen LogP contribution is -2.46. The molecular weight excluding hydrogens is 354 g/mol. The van der Waals surface area contributed by atoms with Crippen molar-refractivity contribution < 1.29 is 13.3 Å². The van der Waals surface area contributed by atoms with Crippen LogP contribution in [0.5, 0.6) is 0 Å². The van der Waals surface area contributed by atoms with Crippen LogP contribution in [0.25, 0.3) is 0 Å². The standard InChI is InChI=1S/C18H19N3O4S/c1-19-10-9-13-3-2-4-14-11-20(12-17(19)18(13)14)26(24,25)16-7-5-15(6-8-16)21(22)23/h2-8,17H,9-12H2,1H3. The average Bonchev–Trinajstić information content (AvgIpc) is 2.64. The van der Waals surface area contributed by atoms with Crippen molar-refractivity contribution in [2.24, 2.45) is 0 Å². The Morgan fingerprint density at radius 2 is 1.81 bits per heavy atom. The molecule has 26 heavy (non-hydrogen) atoms. The molecule has 0 amide bonds. The largest absolute Gasteiger partial charge is 0.298 e. The molecule has 8 heteroatoms. The van der Waals surface area contributed by atoms with Crippen molar-refractivity contribution >= 4 is 15.7 Å². The number of nitro benzene ring substituents is 1. The van der Waals surface area contributed by atoms with E-state index in [4.69, 9.17) is 0 Å². The molecule has 2 aromatic carbocycles. The summed E-state index contributed by atoms with van der Waals surface area (Å²) in [6, 6.07) is 11.2. The Balaban J connectivity index is 1.71. The summed E-state index contributed by atoms with van der Waals surface area (Å²) in [4.78, 5) is 12.5. The monoisotopic (exact) mass is 373 g/mol. The second kappa shape index (κ2) is 6.15. The first-order valence-corrected chi connectivity index (χ1v) is 9.87. The Labute approximate surface area is 152 Å². The predicted octanol–water partition coefficient (Wildman–Crippen LogP) is 2.33. The van der Waals surface area contributed by atoms with Crippen molar-refractivity contribution in [3.63, 3.8) is 0 Å². The van der Waals surface area contributed by atoms with Crippen LogP contribution in [0, 0.1) is 10.1 Å². The van der Waals surface area contributed by atoms with E-state index in [0.29, 0.717) is 13.1 Å². The van der Waals surface area contributed by atoms with Crippen LogP contribution >= 0.6 is 0 Å². The number of hydrogen-bond donors (Lipinski definition) is 0. The highest BCUT2D eigenvalue weighted by Gasteiger charge is 2.37. The third kappa shape index (κ3) is 2.70. The van der Waals surface area contributed by atoms with Gasteiger partial charge in [0.25, 0.3) is 5.69 Å². The Bertz CT molecular complexity index is 972. The van der Waals surface area contributed by atoms with E-state index in [1.165, 1.54) is 39.7 Å². The van der Waals surface area contributed by atoms with Crippen molar-refractivity contribution in [1.82, 2.24) is 9.21 Å². The van der Waals surface area contributed by atoms with Crippen LogP contribution in [0.2, 0.25) is 0 Å². The maximum Gasteiger partial charge on any atom is 0.269 e. The van der Waals surface area contributed by atoms with E-state index in [1.54, 1.807) is 0 Å². The van der Waals surface area contributed by atoms with Gasteiger partial charge in [0, 0.05) is 37.8 Å². The number of nitro groups is 1. The van der Waals surface area contributed by atoms with Gasteiger partial charge in [-0.1, -0.05) is 18.2 Å². The lowest BCUT2D eigenvalue weighted by molar-refractivity contribution is -0.384. The summed E-state index contributed by atoms with van der Waals surface area (Å²) < 4.78 is 27.7. The minimum Gasteiger partial charge on any atom is -0.298 e. The molecule has 0 bridgehead atoms. The van der Waals surface area contributed by atoms with Crippen LogP contribution < -0.4 is 0 Å². The molecule has 2 heterocycles. The molecule has 0 radical (unpaired) electrons. The summed E-state index contributed by atoms with van der Waals surface area (Å²) in [5.74, 6) is 0. The van der Waals surface area contributed by atoms with E-state index in [0.717, 1.165) is 18.5 Å². The molecule has 0 N–H and O–H groups in total. The highest BCUT2D eigenvalue weighted by molar-refractivity contribution is 7.89. The zero-order valence-corrected chi connectivity index (χ0v) is 15.1. The van der Waals surface area contributed by atoms with Crippen LogP contribution in [0.3, 0.4) is 0 Å². The van der Waals surface area contributed by atoms with Gasteiger partial charge in [0.2, 0.25) is 10.0 Å². The molecule has 1 atom stereocenters. The Morgan fingerprint density at radius 1 is 1.12 bits per heavy atom. The molecule has 2 aromatic rings. The normalized spacial score (nSPS) is 20.6. The summed E-state index contributed by atoms with van der Waals surface area (Å²) in [7, 11) is -1.70. The van der Waals surface area contributed by atoms with Gasteiger partial charge in [0.1, 0.15) is 0 Å². The number of sulfonamides is 1. The molecule has 2 aliphatic rings. The summed E-state index contributed by atoms with van der Waals surface area (Å²) in [6.07, 6.45) is 0.977. The van der Waals surface area contributed by atoms with E-state index in [-0.39, 0.29) is 16.6 Å². The van der Waals surface area contributed by atoms with Crippen molar-refractivity contribution in [3.8, 4) is 0 Å².